The Bertz CT molecular complexity index is 1370. The number of carbonyl (C=O) groups is 1. The van der Waals surface area contributed by atoms with Gasteiger partial charge in [0.1, 0.15) is 5.75 Å². The number of anilines is 2. The van der Waals surface area contributed by atoms with E-state index in [0.717, 1.165) is 10.3 Å². The van der Waals surface area contributed by atoms with Crippen molar-refractivity contribution in [3.63, 3.8) is 0 Å². The predicted molar refractivity (Wildman–Crippen MR) is 127 cm³/mol. The number of carbonyl (C=O) groups excluding carboxylic acids is 1. The highest BCUT2D eigenvalue weighted by molar-refractivity contribution is 7.93. The number of benzene rings is 3. The molecule has 0 saturated heterocycles. The normalized spacial score (nSPS) is 11.3. The molecule has 0 bridgehead atoms. The first-order valence-electron chi connectivity index (χ1n) is 9.47. The summed E-state index contributed by atoms with van der Waals surface area (Å²) in [5.74, 6) is 0.206. The fourth-order valence-corrected chi connectivity index (χ4v) is 5.08. The zero-order valence-corrected chi connectivity index (χ0v) is 19.2. The summed E-state index contributed by atoms with van der Waals surface area (Å²) in [5, 5.41) is 3.58. The first-order valence-corrected chi connectivity index (χ1v) is 12.1. The molecule has 1 aromatic heterocycles. The highest BCUT2D eigenvalue weighted by atomic mass is 35.5. The van der Waals surface area contributed by atoms with Crippen LogP contribution in [0.25, 0.3) is 10.2 Å². The van der Waals surface area contributed by atoms with E-state index in [1.54, 1.807) is 66.7 Å². The molecule has 0 spiro atoms. The number of amides is 1. The SMILES string of the molecule is Cc1ccc(S(=O)(=O)Nc2nc3ccc(NC(=O)COc4ccc(Cl)cc4)cc3s2)cc1. The Morgan fingerprint density at radius 1 is 1.06 bits per heavy atom. The Kier molecular flexibility index (Phi) is 6.31. The van der Waals surface area contributed by atoms with Gasteiger partial charge in [-0.15, -0.1) is 0 Å². The van der Waals surface area contributed by atoms with E-state index in [1.807, 2.05) is 6.92 Å². The predicted octanol–water partition coefficient (Wildman–Crippen LogP) is 5.08. The molecule has 3 aromatic carbocycles. The van der Waals surface area contributed by atoms with Crippen LogP contribution in [0.15, 0.2) is 71.6 Å². The smallest absolute Gasteiger partial charge is 0.263 e. The van der Waals surface area contributed by atoms with Gasteiger partial charge in [0.25, 0.3) is 15.9 Å². The van der Waals surface area contributed by atoms with Gasteiger partial charge in [0.15, 0.2) is 11.7 Å². The second kappa shape index (κ2) is 9.15. The molecule has 0 aliphatic heterocycles. The van der Waals surface area contributed by atoms with Crippen molar-refractivity contribution in [3.05, 3.63) is 77.3 Å². The van der Waals surface area contributed by atoms with Gasteiger partial charge in [-0.05, 0) is 61.5 Å². The van der Waals surface area contributed by atoms with E-state index in [9.17, 15) is 13.2 Å². The third-order valence-corrected chi connectivity index (χ3v) is 7.08. The van der Waals surface area contributed by atoms with E-state index in [2.05, 4.69) is 15.0 Å². The van der Waals surface area contributed by atoms with Gasteiger partial charge in [-0.1, -0.05) is 40.6 Å². The number of aryl methyl sites for hydroxylation is 1. The van der Waals surface area contributed by atoms with Crippen molar-refractivity contribution < 1.29 is 17.9 Å². The standard InChI is InChI=1S/C22H18ClN3O4S2/c1-14-2-9-18(10-3-14)32(28,29)26-22-25-19-11-6-16(12-20(19)31-22)24-21(27)13-30-17-7-4-15(23)5-8-17/h2-12H,13H2,1H3,(H,24,27)(H,25,26). The number of nitrogens with one attached hydrogen (secondary N) is 2. The minimum absolute atomic E-state index is 0.163. The van der Waals surface area contributed by atoms with Gasteiger partial charge in [0, 0.05) is 10.7 Å². The van der Waals surface area contributed by atoms with Crippen molar-refractivity contribution in [3.8, 4) is 5.75 Å². The van der Waals surface area contributed by atoms with Gasteiger partial charge in [-0.2, -0.15) is 0 Å². The van der Waals surface area contributed by atoms with Crippen molar-refractivity contribution in [2.24, 2.45) is 0 Å². The first-order chi connectivity index (χ1) is 15.3. The molecular formula is C22H18ClN3O4S2. The fourth-order valence-electron chi connectivity index (χ4n) is 2.81. The number of rotatable bonds is 7. The lowest BCUT2D eigenvalue weighted by atomic mass is 10.2. The summed E-state index contributed by atoms with van der Waals surface area (Å²) in [4.78, 5) is 16.7. The molecule has 1 amide bonds. The van der Waals surface area contributed by atoms with Crippen LogP contribution in [0.4, 0.5) is 10.8 Å². The Morgan fingerprint density at radius 3 is 2.50 bits per heavy atom. The van der Waals surface area contributed by atoms with E-state index < -0.39 is 10.0 Å². The minimum atomic E-state index is -3.74. The molecule has 0 aliphatic rings. The number of hydrogen-bond donors (Lipinski definition) is 2. The number of thiazole rings is 1. The molecule has 0 unspecified atom stereocenters. The average Bonchev–Trinajstić information content (AvgIpc) is 3.14. The lowest BCUT2D eigenvalue weighted by Gasteiger charge is -2.07. The summed E-state index contributed by atoms with van der Waals surface area (Å²) in [6.45, 7) is 1.72. The first kappa shape index (κ1) is 22.1. The number of fused-ring (bicyclic) bond motifs is 1. The molecule has 0 aliphatic carbocycles. The van der Waals surface area contributed by atoms with Gasteiger partial charge in [0.2, 0.25) is 0 Å². The van der Waals surface area contributed by atoms with E-state index >= 15 is 0 Å². The zero-order valence-electron chi connectivity index (χ0n) is 16.8. The Hall–Kier alpha value is -3.14. The summed E-state index contributed by atoms with van der Waals surface area (Å²) < 4.78 is 33.8. The van der Waals surface area contributed by atoms with Crippen LogP contribution >= 0.6 is 22.9 Å². The maximum atomic E-state index is 12.6. The van der Waals surface area contributed by atoms with Crippen molar-refractivity contribution in [1.82, 2.24) is 4.98 Å². The highest BCUT2D eigenvalue weighted by Crippen LogP contribution is 2.30. The van der Waals surface area contributed by atoms with E-state index in [-0.39, 0.29) is 22.5 Å². The van der Waals surface area contributed by atoms with Gasteiger partial charge in [0.05, 0.1) is 15.1 Å². The Labute approximate surface area is 194 Å². The average molecular weight is 488 g/mol. The van der Waals surface area contributed by atoms with Crippen LogP contribution in [0.5, 0.6) is 5.75 Å². The van der Waals surface area contributed by atoms with Crippen LogP contribution in [0, 0.1) is 6.92 Å². The zero-order chi connectivity index (χ0) is 22.7. The molecule has 2 N–H and O–H groups in total. The molecule has 0 saturated carbocycles. The molecule has 4 rings (SSSR count). The van der Waals surface area contributed by atoms with Gasteiger partial charge >= 0.3 is 0 Å². The molecule has 7 nitrogen and oxygen atoms in total. The van der Waals surface area contributed by atoms with Crippen LogP contribution in [0.1, 0.15) is 5.56 Å². The van der Waals surface area contributed by atoms with Crippen LogP contribution < -0.4 is 14.8 Å². The third-order valence-electron chi connectivity index (χ3n) is 4.41. The second-order valence-corrected chi connectivity index (χ2v) is 10.1. The molecule has 32 heavy (non-hydrogen) atoms. The lowest BCUT2D eigenvalue weighted by Crippen LogP contribution is -2.20. The topological polar surface area (TPSA) is 97.4 Å². The molecule has 1 heterocycles. The number of aromatic nitrogens is 1. The van der Waals surface area contributed by atoms with E-state index in [4.69, 9.17) is 16.3 Å². The molecule has 4 aromatic rings. The molecule has 10 heteroatoms. The van der Waals surface area contributed by atoms with Crippen molar-refractivity contribution >= 4 is 59.9 Å². The van der Waals surface area contributed by atoms with E-state index in [1.165, 1.54) is 11.3 Å². The second-order valence-electron chi connectivity index (χ2n) is 6.91. The number of ether oxygens (including phenoxy) is 1. The number of hydrogen-bond acceptors (Lipinski definition) is 6. The van der Waals surface area contributed by atoms with Crippen LogP contribution in [-0.2, 0) is 14.8 Å². The quantitative estimate of drug-likeness (QED) is 0.379. The Morgan fingerprint density at radius 2 is 1.78 bits per heavy atom. The number of nitrogens with zero attached hydrogens (tertiary/aromatic N) is 1. The van der Waals surface area contributed by atoms with Crippen LogP contribution in [0.3, 0.4) is 0 Å². The number of halogens is 1. The number of sulfonamides is 1. The Balaban J connectivity index is 1.42. The lowest BCUT2D eigenvalue weighted by molar-refractivity contribution is -0.118. The van der Waals surface area contributed by atoms with Gasteiger partial charge in [-0.25, -0.2) is 13.4 Å². The minimum Gasteiger partial charge on any atom is -0.484 e. The fraction of sp³-hybridized carbons (Fsp3) is 0.0909. The highest BCUT2D eigenvalue weighted by Gasteiger charge is 2.16. The monoisotopic (exact) mass is 487 g/mol. The van der Waals surface area contributed by atoms with Crippen molar-refractivity contribution in [2.45, 2.75) is 11.8 Å². The molecule has 164 valence electrons. The maximum Gasteiger partial charge on any atom is 0.263 e. The third kappa shape index (κ3) is 5.37. The van der Waals surface area contributed by atoms with Crippen LogP contribution in [0.2, 0.25) is 5.02 Å². The van der Waals surface area contributed by atoms with E-state index in [0.29, 0.717) is 22.0 Å². The summed E-state index contributed by atoms with van der Waals surface area (Å²) >= 11 is 7.00. The largest absolute Gasteiger partial charge is 0.484 e. The summed E-state index contributed by atoms with van der Waals surface area (Å²) in [6.07, 6.45) is 0. The van der Waals surface area contributed by atoms with Gasteiger partial charge < -0.3 is 10.1 Å². The summed E-state index contributed by atoms with van der Waals surface area (Å²) in [7, 11) is -3.74. The van der Waals surface area contributed by atoms with Crippen molar-refractivity contribution in [2.75, 3.05) is 16.6 Å². The molecule has 0 radical (unpaired) electrons. The summed E-state index contributed by atoms with van der Waals surface area (Å²) in [5.41, 5.74) is 2.14. The van der Waals surface area contributed by atoms with Crippen molar-refractivity contribution in [1.29, 1.82) is 0 Å². The summed E-state index contributed by atoms with van der Waals surface area (Å²) in [6, 6.07) is 18.4. The molecule has 0 atom stereocenters. The van der Waals surface area contributed by atoms with Gasteiger partial charge in [-0.3, -0.25) is 9.52 Å². The van der Waals surface area contributed by atoms with Crippen LogP contribution in [-0.4, -0.2) is 25.9 Å². The molecular weight excluding hydrogens is 470 g/mol. The maximum absolute atomic E-state index is 12.6. The molecule has 0 fully saturated rings.